The molecule has 1 aliphatic heterocycles. The largest absolute Gasteiger partial charge is 0.496 e. The van der Waals surface area contributed by atoms with E-state index in [1.165, 1.54) is 11.1 Å². The van der Waals surface area contributed by atoms with Crippen molar-refractivity contribution in [3.63, 3.8) is 0 Å². The highest BCUT2D eigenvalue weighted by Gasteiger charge is 2.24. The van der Waals surface area contributed by atoms with Crippen LogP contribution >= 0.6 is 0 Å². The monoisotopic (exact) mass is 354 g/mol. The molecular weight excluding hydrogens is 328 g/mol. The number of ether oxygens (including phenoxy) is 2. The highest BCUT2D eigenvalue weighted by Crippen LogP contribution is 2.23. The van der Waals surface area contributed by atoms with E-state index < -0.39 is 0 Å². The Hall–Kier alpha value is -2.37. The number of carbonyl (C=O) groups is 1. The zero-order valence-corrected chi connectivity index (χ0v) is 15.4. The van der Waals surface area contributed by atoms with Gasteiger partial charge in [0.1, 0.15) is 5.75 Å². The molecule has 1 amide bonds. The second-order valence-electron chi connectivity index (χ2n) is 6.49. The van der Waals surface area contributed by atoms with E-state index in [2.05, 4.69) is 41.4 Å². The first-order valence-corrected chi connectivity index (χ1v) is 8.98. The van der Waals surface area contributed by atoms with Gasteiger partial charge in [-0.15, -0.1) is 0 Å². The molecule has 1 aliphatic rings. The van der Waals surface area contributed by atoms with Crippen molar-refractivity contribution < 1.29 is 14.3 Å². The molecule has 0 saturated carbocycles. The Bertz CT molecular complexity index is 742. The third kappa shape index (κ3) is 4.42. The maximum atomic E-state index is 12.7. The normalized spacial score (nSPS) is 16.1. The summed E-state index contributed by atoms with van der Waals surface area (Å²) in [5, 5.41) is 3.09. The molecule has 0 aliphatic carbocycles. The first kappa shape index (κ1) is 18.4. The van der Waals surface area contributed by atoms with Crippen LogP contribution in [0.5, 0.6) is 5.75 Å². The molecule has 1 saturated heterocycles. The maximum absolute atomic E-state index is 12.7. The summed E-state index contributed by atoms with van der Waals surface area (Å²) in [6.45, 7) is 5.81. The Morgan fingerprint density at radius 3 is 2.69 bits per heavy atom. The van der Waals surface area contributed by atoms with Gasteiger partial charge in [0, 0.05) is 19.6 Å². The van der Waals surface area contributed by atoms with Gasteiger partial charge >= 0.3 is 0 Å². The number of morpholine rings is 1. The fourth-order valence-electron chi connectivity index (χ4n) is 3.34. The topological polar surface area (TPSA) is 50.8 Å². The van der Waals surface area contributed by atoms with Crippen LogP contribution < -0.4 is 10.1 Å². The van der Waals surface area contributed by atoms with Crippen molar-refractivity contribution in [2.45, 2.75) is 13.0 Å². The molecule has 1 fully saturated rings. The minimum Gasteiger partial charge on any atom is -0.496 e. The van der Waals surface area contributed by atoms with Gasteiger partial charge in [-0.05, 0) is 24.6 Å². The average Bonchev–Trinajstić information content (AvgIpc) is 2.69. The van der Waals surface area contributed by atoms with E-state index in [4.69, 9.17) is 9.47 Å². The van der Waals surface area contributed by atoms with E-state index >= 15 is 0 Å². The van der Waals surface area contributed by atoms with Gasteiger partial charge in [-0.3, -0.25) is 9.69 Å². The first-order chi connectivity index (χ1) is 12.7. The highest BCUT2D eigenvalue weighted by molar-refractivity contribution is 5.96. The number of nitrogens with one attached hydrogen (secondary N) is 1. The lowest BCUT2D eigenvalue weighted by Gasteiger charge is -2.35. The number of rotatable bonds is 6. The van der Waals surface area contributed by atoms with Crippen LogP contribution in [0.1, 0.15) is 27.5 Å². The first-order valence-electron chi connectivity index (χ1n) is 8.98. The molecule has 138 valence electrons. The Labute approximate surface area is 154 Å². The second-order valence-corrected chi connectivity index (χ2v) is 6.49. The smallest absolute Gasteiger partial charge is 0.255 e. The van der Waals surface area contributed by atoms with E-state index in [-0.39, 0.29) is 11.9 Å². The molecule has 26 heavy (non-hydrogen) atoms. The molecular formula is C21H26N2O3. The number of amides is 1. The molecule has 0 bridgehead atoms. The van der Waals surface area contributed by atoms with Gasteiger partial charge in [0.05, 0.1) is 31.9 Å². The van der Waals surface area contributed by atoms with Gasteiger partial charge < -0.3 is 14.8 Å². The van der Waals surface area contributed by atoms with E-state index in [0.717, 1.165) is 26.3 Å². The maximum Gasteiger partial charge on any atom is 0.255 e. The van der Waals surface area contributed by atoms with Crippen LogP contribution in [0.4, 0.5) is 0 Å². The molecule has 2 aromatic rings. The van der Waals surface area contributed by atoms with Gasteiger partial charge in [0.2, 0.25) is 0 Å². The summed E-state index contributed by atoms with van der Waals surface area (Å²) in [5.74, 6) is 0.469. The standard InChI is InChI=1S/C21H26N2O3/c1-16-6-5-7-17(14-16)19(23-10-12-26-13-11-23)15-22-21(24)18-8-3-4-9-20(18)25-2/h3-9,14,19H,10-13,15H2,1-2H3,(H,22,24). The van der Waals surface area contributed by atoms with Crippen LogP contribution in [0.15, 0.2) is 48.5 Å². The number of carbonyl (C=O) groups excluding carboxylic acids is 1. The number of methoxy groups -OCH3 is 1. The number of nitrogens with zero attached hydrogens (tertiary/aromatic N) is 1. The Balaban J connectivity index is 1.76. The summed E-state index contributed by atoms with van der Waals surface area (Å²) in [7, 11) is 1.58. The van der Waals surface area contributed by atoms with E-state index in [0.29, 0.717) is 17.9 Å². The average molecular weight is 354 g/mol. The van der Waals surface area contributed by atoms with Crippen LogP contribution in [0.25, 0.3) is 0 Å². The minimum atomic E-state index is -0.117. The Morgan fingerprint density at radius 1 is 1.19 bits per heavy atom. The van der Waals surface area contributed by atoms with E-state index in [9.17, 15) is 4.79 Å². The Morgan fingerprint density at radius 2 is 1.96 bits per heavy atom. The van der Waals surface area contributed by atoms with Crippen LogP contribution in [-0.2, 0) is 4.74 Å². The summed E-state index contributed by atoms with van der Waals surface area (Å²) >= 11 is 0. The molecule has 1 heterocycles. The van der Waals surface area contributed by atoms with Gasteiger partial charge in [-0.25, -0.2) is 0 Å². The van der Waals surface area contributed by atoms with E-state index in [1.54, 1.807) is 19.2 Å². The van der Waals surface area contributed by atoms with Crippen molar-refractivity contribution in [3.8, 4) is 5.75 Å². The van der Waals surface area contributed by atoms with Gasteiger partial charge in [-0.1, -0.05) is 42.0 Å². The number of para-hydroxylation sites is 1. The van der Waals surface area contributed by atoms with Crippen LogP contribution in [0.2, 0.25) is 0 Å². The molecule has 1 atom stereocenters. The summed E-state index contributed by atoms with van der Waals surface area (Å²) in [5.41, 5.74) is 2.99. The van der Waals surface area contributed by atoms with Crippen molar-refractivity contribution in [1.29, 1.82) is 0 Å². The summed E-state index contributed by atoms with van der Waals surface area (Å²) in [4.78, 5) is 15.1. The molecule has 0 radical (unpaired) electrons. The SMILES string of the molecule is COc1ccccc1C(=O)NCC(c1cccc(C)c1)N1CCOCC1. The van der Waals surface area contributed by atoms with Crippen molar-refractivity contribution >= 4 is 5.91 Å². The minimum absolute atomic E-state index is 0.117. The zero-order chi connectivity index (χ0) is 18.4. The van der Waals surface area contributed by atoms with Crippen LogP contribution in [0.3, 0.4) is 0 Å². The van der Waals surface area contributed by atoms with Gasteiger partial charge in [-0.2, -0.15) is 0 Å². The Kier molecular flexibility index (Phi) is 6.26. The van der Waals surface area contributed by atoms with Crippen molar-refractivity contribution in [1.82, 2.24) is 10.2 Å². The van der Waals surface area contributed by atoms with Crippen molar-refractivity contribution in [3.05, 3.63) is 65.2 Å². The molecule has 0 spiro atoms. The highest BCUT2D eigenvalue weighted by atomic mass is 16.5. The molecule has 0 aromatic heterocycles. The summed E-state index contributed by atoms with van der Waals surface area (Å²) < 4.78 is 10.8. The molecule has 1 N–H and O–H groups in total. The summed E-state index contributed by atoms with van der Waals surface area (Å²) in [6, 6.07) is 15.9. The molecule has 3 rings (SSSR count). The molecule has 5 nitrogen and oxygen atoms in total. The van der Waals surface area contributed by atoms with Gasteiger partial charge in [0.15, 0.2) is 0 Å². The van der Waals surface area contributed by atoms with Crippen molar-refractivity contribution in [2.24, 2.45) is 0 Å². The predicted octanol–water partition coefficient (Wildman–Crippen LogP) is 2.81. The third-order valence-electron chi connectivity index (χ3n) is 4.72. The fourth-order valence-corrected chi connectivity index (χ4v) is 3.34. The number of benzene rings is 2. The number of hydrogen-bond acceptors (Lipinski definition) is 4. The van der Waals surface area contributed by atoms with Crippen LogP contribution in [-0.4, -0.2) is 50.8 Å². The predicted molar refractivity (Wildman–Crippen MR) is 102 cm³/mol. The number of hydrogen-bond donors (Lipinski definition) is 1. The van der Waals surface area contributed by atoms with E-state index in [1.807, 2.05) is 12.1 Å². The summed E-state index contributed by atoms with van der Waals surface area (Å²) in [6.07, 6.45) is 0. The molecule has 5 heteroatoms. The molecule has 2 aromatic carbocycles. The third-order valence-corrected chi connectivity index (χ3v) is 4.72. The number of aryl methyl sites for hydroxylation is 1. The second kappa shape index (κ2) is 8.83. The lowest BCUT2D eigenvalue weighted by atomic mass is 10.0. The van der Waals surface area contributed by atoms with Crippen molar-refractivity contribution in [2.75, 3.05) is 40.0 Å². The fraction of sp³-hybridized carbons (Fsp3) is 0.381. The lowest BCUT2D eigenvalue weighted by Crippen LogP contribution is -2.43. The van der Waals surface area contributed by atoms with Crippen LogP contribution in [0, 0.1) is 6.92 Å². The van der Waals surface area contributed by atoms with Gasteiger partial charge in [0.25, 0.3) is 5.91 Å². The lowest BCUT2D eigenvalue weighted by molar-refractivity contribution is 0.0162. The quantitative estimate of drug-likeness (QED) is 0.867. The zero-order valence-electron chi connectivity index (χ0n) is 15.4. The molecule has 1 unspecified atom stereocenters.